The smallest absolute Gasteiger partial charge is 0.257 e. The van der Waals surface area contributed by atoms with Crippen molar-refractivity contribution in [1.82, 2.24) is 49.9 Å². The summed E-state index contributed by atoms with van der Waals surface area (Å²) in [6, 6.07) is 0. The van der Waals surface area contributed by atoms with Crippen molar-refractivity contribution in [2.45, 2.75) is 10.3 Å². The molecular formula is C7H8N12S. The Bertz CT molecular complexity index is 704. The second kappa shape index (κ2) is 5.14. The lowest BCUT2D eigenvalue weighted by Gasteiger charge is -2.04. The zero-order chi connectivity index (χ0) is 13.9. The van der Waals surface area contributed by atoms with Crippen molar-refractivity contribution < 1.29 is 0 Å². The standard InChI is InChI=1S/C7H8N12S/c1-18-7(15-16-17-18)20-6-12-4(14-8)11-5(13-6)19-3-9-2-10-19/h2-3H,8H2,1H3,(H,11,12,13,14). The summed E-state index contributed by atoms with van der Waals surface area (Å²) in [6.07, 6.45) is 2.84. The monoisotopic (exact) mass is 292 g/mol. The van der Waals surface area contributed by atoms with Gasteiger partial charge < -0.3 is 0 Å². The van der Waals surface area contributed by atoms with Crippen LogP contribution in [-0.2, 0) is 7.05 Å². The first kappa shape index (κ1) is 12.4. The number of nitrogens with one attached hydrogen (secondary N) is 1. The summed E-state index contributed by atoms with van der Waals surface area (Å²) in [5.41, 5.74) is 2.37. The SMILES string of the molecule is Cn1nnnc1Sc1nc(NN)nc(-n2cncn2)n1. The molecule has 0 amide bonds. The number of aryl methyl sites for hydroxylation is 1. The molecular weight excluding hydrogens is 284 g/mol. The van der Waals surface area contributed by atoms with Gasteiger partial charge >= 0.3 is 0 Å². The van der Waals surface area contributed by atoms with Crippen molar-refractivity contribution in [2.24, 2.45) is 12.9 Å². The van der Waals surface area contributed by atoms with E-state index in [1.807, 2.05) is 0 Å². The first-order valence-corrected chi connectivity index (χ1v) is 6.06. The Balaban J connectivity index is 1.98. The number of tetrazole rings is 1. The van der Waals surface area contributed by atoms with Crippen molar-refractivity contribution >= 4 is 17.7 Å². The van der Waals surface area contributed by atoms with Gasteiger partial charge in [-0.05, 0) is 22.2 Å². The molecule has 0 aliphatic carbocycles. The number of aromatic nitrogens is 10. The van der Waals surface area contributed by atoms with Crippen molar-refractivity contribution in [3.63, 3.8) is 0 Å². The van der Waals surface area contributed by atoms with Crippen LogP contribution in [0.4, 0.5) is 5.95 Å². The maximum absolute atomic E-state index is 5.34. The molecule has 12 nitrogen and oxygen atoms in total. The van der Waals surface area contributed by atoms with Crippen LogP contribution in [0.2, 0.25) is 0 Å². The Hall–Kier alpha value is -2.67. The van der Waals surface area contributed by atoms with Gasteiger partial charge in [-0.1, -0.05) is 0 Å². The van der Waals surface area contributed by atoms with E-state index in [0.717, 1.165) is 0 Å². The predicted molar refractivity (Wildman–Crippen MR) is 65.5 cm³/mol. The van der Waals surface area contributed by atoms with E-state index >= 15 is 0 Å². The third-order valence-electron chi connectivity index (χ3n) is 2.12. The molecule has 102 valence electrons. The molecule has 3 aromatic rings. The number of nitrogen functional groups attached to an aromatic ring is 1. The number of anilines is 1. The maximum atomic E-state index is 5.34. The topological polar surface area (TPSA) is 151 Å². The molecule has 0 saturated heterocycles. The van der Waals surface area contributed by atoms with Crippen LogP contribution < -0.4 is 11.3 Å². The lowest BCUT2D eigenvalue weighted by atomic mass is 10.8. The van der Waals surface area contributed by atoms with Crippen LogP contribution in [0.1, 0.15) is 0 Å². The van der Waals surface area contributed by atoms with Gasteiger partial charge in [0, 0.05) is 7.05 Å². The fraction of sp³-hybridized carbons (Fsp3) is 0.143. The van der Waals surface area contributed by atoms with Crippen LogP contribution in [0.3, 0.4) is 0 Å². The number of nitrogens with zero attached hydrogens (tertiary/aromatic N) is 10. The van der Waals surface area contributed by atoms with Crippen LogP contribution in [0, 0.1) is 0 Å². The van der Waals surface area contributed by atoms with Crippen LogP contribution in [0.5, 0.6) is 0 Å². The van der Waals surface area contributed by atoms with E-state index in [1.54, 1.807) is 7.05 Å². The van der Waals surface area contributed by atoms with Gasteiger partial charge in [-0.2, -0.15) is 24.7 Å². The summed E-state index contributed by atoms with van der Waals surface area (Å²) >= 11 is 1.17. The molecule has 3 aromatic heterocycles. The van der Waals surface area contributed by atoms with Gasteiger partial charge in [0.2, 0.25) is 16.3 Å². The zero-order valence-electron chi connectivity index (χ0n) is 10.1. The summed E-state index contributed by atoms with van der Waals surface area (Å²) in [7, 11) is 1.71. The molecule has 0 saturated carbocycles. The Labute approximate surface area is 115 Å². The van der Waals surface area contributed by atoms with Crippen LogP contribution >= 0.6 is 11.8 Å². The third-order valence-corrected chi connectivity index (χ3v) is 3.01. The molecule has 0 spiro atoms. The number of hydrazine groups is 1. The maximum Gasteiger partial charge on any atom is 0.257 e. The lowest BCUT2D eigenvalue weighted by Crippen LogP contribution is -2.14. The van der Waals surface area contributed by atoms with Crippen molar-refractivity contribution in [2.75, 3.05) is 5.43 Å². The predicted octanol–water partition coefficient (Wildman–Crippen LogP) is -1.59. The summed E-state index contributed by atoms with van der Waals surface area (Å²) in [6.45, 7) is 0. The normalized spacial score (nSPS) is 10.7. The van der Waals surface area contributed by atoms with E-state index in [4.69, 9.17) is 5.84 Å². The Morgan fingerprint density at radius 2 is 2.20 bits per heavy atom. The second-order valence-electron chi connectivity index (χ2n) is 3.41. The van der Waals surface area contributed by atoms with Crippen LogP contribution in [-0.4, -0.2) is 49.9 Å². The van der Waals surface area contributed by atoms with Gasteiger partial charge in [-0.15, -0.1) is 5.10 Å². The molecule has 0 aliphatic heterocycles. The number of nitrogens with two attached hydrogens (primary N) is 1. The molecule has 0 unspecified atom stereocenters. The highest BCUT2D eigenvalue weighted by Gasteiger charge is 2.12. The van der Waals surface area contributed by atoms with Crippen LogP contribution in [0.25, 0.3) is 5.95 Å². The summed E-state index contributed by atoms with van der Waals surface area (Å²) in [4.78, 5) is 16.3. The van der Waals surface area contributed by atoms with Gasteiger partial charge in [0.15, 0.2) is 0 Å². The highest BCUT2D eigenvalue weighted by Crippen LogP contribution is 2.22. The molecule has 3 N–H and O–H groups in total. The van der Waals surface area contributed by atoms with Gasteiger partial charge in [0.25, 0.3) is 5.95 Å². The summed E-state index contributed by atoms with van der Waals surface area (Å²) < 4.78 is 2.89. The van der Waals surface area contributed by atoms with E-state index in [1.165, 1.54) is 33.8 Å². The van der Waals surface area contributed by atoms with Gasteiger partial charge in [-0.3, -0.25) is 5.43 Å². The molecule has 0 aliphatic rings. The van der Waals surface area contributed by atoms with Crippen molar-refractivity contribution in [3.8, 4) is 5.95 Å². The number of rotatable bonds is 4. The average Bonchev–Trinajstić information content (AvgIpc) is 3.11. The van der Waals surface area contributed by atoms with E-state index in [9.17, 15) is 0 Å². The molecule has 0 fully saturated rings. The minimum absolute atomic E-state index is 0.197. The fourth-order valence-corrected chi connectivity index (χ4v) is 1.93. The van der Waals surface area contributed by atoms with E-state index in [2.05, 4.69) is 46.0 Å². The zero-order valence-corrected chi connectivity index (χ0v) is 10.9. The number of hydrogen-bond acceptors (Lipinski definition) is 11. The quantitative estimate of drug-likeness (QED) is 0.423. The Morgan fingerprint density at radius 3 is 2.85 bits per heavy atom. The molecule has 13 heteroatoms. The Morgan fingerprint density at radius 1 is 1.30 bits per heavy atom. The molecule has 0 atom stereocenters. The second-order valence-corrected chi connectivity index (χ2v) is 4.35. The summed E-state index contributed by atoms with van der Waals surface area (Å²) in [5, 5.41) is 15.9. The molecule has 3 rings (SSSR count). The Kier molecular flexibility index (Phi) is 3.18. The minimum Gasteiger partial charge on any atom is -0.292 e. The minimum atomic E-state index is 0.197. The molecule has 0 radical (unpaired) electrons. The highest BCUT2D eigenvalue weighted by molar-refractivity contribution is 7.99. The number of hydrogen-bond donors (Lipinski definition) is 2. The van der Waals surface area contributed by atoms with Gasteiger partial charge in [-0.25, -0.2) is 15.5 Å². The van der Waals surface area contributed by atoms with Crippen molar-refractivity contribution in [3.05, 3.63) is 12.7 Å². The van der Waals surface area contributed by atoms with Gasteiger partial charge in [0.05, 0.1) is 0 Å². The first-order chi connectivity index (χ1) is 9.76. The van der Waals surface area contributed by atoms with E-state index < -0.39 is 0 Å². The first-order valence-electron chi connectivity index (χ1n) is 5.24. The summed E-state index contributed by atoms with van der Waals surface area (Å²) in [5.74, 6) is 5.82. The highest BCUT2D eigenvalue weighted by atomic mass is 32.2. The van der Waals surface area contributed by atoms with E-state index in [0.29, 0.717) is 10.3 Å². The average molecular weight is 292 g/mol. The largest absolute Gasteiger partial charge is 0.292 e. The molecule has 20 heavy (non-hydrogen) atoms. The van der Waals surface area contributed by atoms with Gasteiger partial charge in [0.1, 0.15) is 12.7 Å². The lowest BCUT2D eigenvalue weighted by molar-refractivity contribution is 0.663. The van der Waals surface area contributed by atoms with E-state index in [-0.39, 0.29) is 11.9 Å². The molecule has 3 heterocycles. The third kappa shape index (κ3) is 2.39. The van der Waals surface area contributed by atoms with Crippen LogP contribution in [0.15, 0.2) is 23.0 Å². The van der Waals surface area contributed by atoms with Crippen molar-refractivity contribution in [1.29, 1.82) is 0 Å². The molecule has 0 aromatic carbocycles. The molecule has 0 bridgehead atoms. The fourth-order valence-electron chi connectivity index (χ4n) is 1.26.